The molecule has 14 heteroatoms. The van der Waals surface area contributed by atoms with E-state index in [1.165, 1.54) is 12.2 Å². The quantitative estimate of drug-likeness (QED) is 0.188. The molecule has 0 spiro atoms. The number of hydrogen-bond donors (Lipinski definition) is 8. The summed E-state index contributed by atoms with van der Waals surface area (Å²) in [7, 11) is 0. The minimum atomic E-state index is -2.18. The molecule has 14 nitrogen and oxygen atoms in total. The lowest BCUT2D eigenvalue weighted by atomic mass is 9.83. The Labute approximate surface area is 280 Å². The van der Waals surface area contributed by atoms with Crippen LogP contribution in [0.2, 0.25) is 0 Å². The van der Waals surface area contributed by atoms with Gasteiger partial charge in [-0.2, -0.15) is 0 Å². The summed E-state index contributed by atoms with van der Waals surface area (Å²) >= 11 is 0. The second-order valence-corrected chi connectivity index (χ2v) is 12.8. The average molecular weight is 682 g/mol. The van der Waals surface area contributed by atoms with Crippen molar-refractivity contribution < 1.29 is 64.3 Å². The highest BCUT2D eigenvalue weighted by atomic mass is 16.7. The minimum absolute atomic E-state index is 0.000319. The van der Waals surface area contributed by atoms with Crippen LogP contribution < -0.4 is 5.73 Å². The Kier molecular flexibility index (Phi) is 15.1. The topological polar surface area (TPSA) is 239 Å². The number of aliphatic hydroxyl groups excluding tert-OH is 5. The number of ether oxygens (including phenoxy) is 4. The molecule has 9 unspecified atom stereocenters. The monoisotopic (exact) mass is 681 g/mol. The second kappa shape index (κ2) is 18.3. The van der Waals surface area contributed by atoms with Gasteiger partial charge in [-0.25, -0.2) is 4.79 Å². The van der Waals surface area contributed by atoms with Crippen LogP contribution in [0.1, 0.15) is 52.9 Å². The summed E-state index contributed by atoms with van der Waals surface area (Å²) in [5.41, 5.74) is 5.97. The lowest BCUT2D eigenvalue weighted by Gasteiger charge is -2.45. The van der Waals surface area contributed by atoms with Gasteiger partial charge >= 0.3 is 11.9 Å². The van der Waals surface area contributed by atoms with Gasteiger partial charge in [0.25, 0.3) is 0 Å². The van der Waals surface area contributed by atoms with Gasteiger partial charge in [0.05, 0.1) is 48.8 Å². The molecule has 2 bridgehead atoms. The smallest absolute Gasteiger partial charge is 0.330 e. The van der Waals surface area contributed by atoms with Crippen LogP contribution in [-0.2, 0) is 28.5 Å². The lowest BCUT2D eigenvalue weighted by molar-refractivity contribution is -0.308. The van der Waals surface area contributed by atoms with Crippen LogP contribution >= 0.6 is 0 Å². The van der Waals surface area contributed by atoms with Crippen molar-refractivity contribution in [3.8, 4) is 0 Å². The molecule has 0 aromatic heterocycles. The maximum Gasteiger partial charge on any atom is 0.330 e. The van der Waals surface area contributed by atoms with Crippen LogP contribution in [0.4, 0.5) is 0 Å². The summed E-state index contributed by atoms with van der Waals surface area (Å²) in [6.45, 7) is 5.21. The highest BCUT2D eigenvalue weighted by Crippen LogP contribution is 2.38. The first kappa shape index (κ1) is 39.7. The molecule has 3 heterocycles. The van der Waals surface area contributed by atoms with Gasteiger partial charge in [-0.15, -0.1) is 0 Å². The molecular formula is C34H51NO13. The van der Waals surface area contributed by atoms with E-state index in [1.807, 2.05) is 13.0 Å². The predicted molar refractivity (Wildman–Crippen MR) is 172 cm³/mol. The van der Waals surface area contributed by atoms with Crippen LogP contribution in [0.15, 0.2) is 60.8 Å². The van der Waals surface area contributed by atoms with E-state index in [2.05, 4.69) is 0 Å². The van der Waals surface area contributed by atoms with E-state index < -0.39 is 104 Å². The van der Waals surface area contributed by atoms with E-state index >= 15 is 0 Å². The zero-order valence-electron chi connectivity index (χ0n) is 27.5. The van der Waals surface area contributed by atoms with Crippen molar-refractivity contribution in [2.45, 2.75) is 126 Å². The van der Waals surface area contributed by atoms with Gasteiger partial charge in [0.1, 0.15) is 18.1 Å². The van der Waals surface area contributed by atoms with Crippen molar-refractivity contribution in [3.05, 3.63) is 60.8 Å². The minimum Gasteiger partial charge on any atom is -0.481 e. The summed E-state index contributed by atoms with van der Waals surface area (Å²) in [4.78, 5) is 24.5. The number of aliphatic hydroxyl groups is 6. The number of carbonyl (C=O) groups is 2. The number of fused-ring (bicyclic) bond motifs is 2. The van der Waals surface area contributed by atoms with Crippen LogP contribution in [-0.4, -0.2) is 121 Å². The molecular weight excluding hydrogens is 630 g/mol. The number of carboxylic acids is 1. The fraction of sp³-hybridized carbons (Fsp3) is 0.647. The van der Waals surface area contributed by atoms with Crippen LogP contribution in [0.5, 0.6) is 0 Å². The van der Waals surface area contributed by atoms with Gasteiger partial charge in [-0.3, -0.25) is 4.79 Å². The van der Waals surface area contributed by atoms with E-state index in [4.69, 9.17) is 24.7 Å². The fourth-order valence-corrected chi connectivity index (χ4v) is 5.87. The standard InChI is InChI=1S/C34H51NO13/c1-19-11-8-6-4-5-7-9-13-24(47-33-31(41)29(35)30(40)21(3)46-33)16-26-28(32(42)43)25(38)18-34(44,48-26)17-23(37)15-22(36)12-10-14-27(39)45-20(19)2/h4-11,13-14,19-26,28-31,33,36-38,40-41,44H,12,15-18,35H2,1-3H3,(H,42,43)/b6-4-,7-5-,11-8-,13-9-,14-10+/t19?,20?,21-,22?,23?,24?,25?,26?,28?,29+,30-,31+,33+,34?/m1/s1. The number of cyclic esters (lactones) is 1. The summed E-state index contributed by atoms with van der Waals surface area (Å²) in [5.74, 6) is -5.75. The van der Waals surface area contributed by atoms with Gasteiger partial charge in [-0.1, -0.05) is 61.6 Å². The highest BCUT2D eigenvalue weighted by Gasteiger charge is 2.50. The number of aliphatic carboxylic acids is 1. The van der Waals surface area contributed by atoms with E-state index in [0.29, 0.717) is 0 Å². The predicted octanol–water partition coefficient (Wildman–Crippen LogP) is 0.349. The van der Waals surface area contributed by atoms with Gasteiger partial charge in [0.15, 0.2) is 12.1 Å². The van der Waals surface area contributed by atoms with Gasteiger partial charge in [0.2, 0.25) is 0 Å². The number of allylic oxidation sites excluding steroid dienone is 6. The molecule has 3 aliphatic heterocycles. The van der Waals surface area contributed by atoms with Crippen molar-refractivity contribution in [2.24, 2.45) is 17.6 Å². The zero-order valence-corrected chi connectivity index (χ0v) is 27.5. The Morgan fingerprint density at radius 1 is 0.896 bits per heavy atom. The third-order valence-electron chi connectivity index (χ3n) is 8.77. The molecule has 2 saturated heterocycles. The molecule has 14 atom stereocenters. The number of carbonyl (C=O) groups excluding carboxylic acids is 1. The van der Waals surface area contributed by atoms with Gasteiger partial charge in [-0.05, 0) is 26.7 Å². The van der Waals surface area contributed by atoms with Crippen molar-refractivity contribution in [1.82, 2.24) is 0 Å². The molecule has 0 saturated carbocycles. The van der Waals surface area contributed by atoms with Gasteiger partial charge < -0.3 is 60.4 Å². The molecule has 9 N–H and O–H groups in total. The molecule has 0 amide bonds. The van der Waals surface area contributed by atoms with Crippen LogP contribution in [0.3, 0.4) is 0 Å². The number of nitrogens with two attached hydrogens (primary N) is 1. The number of rotatable bonds is 3. The molecule has 0 aromatic rings. The highest BCUT2D eigenvalue weighted by molar-refractivity contribution is 5.82. The Balaban J connectivity index is 1.92. The summed E-state index contributed by atoms with van der Waals surface area (Å²) in [5, 5.41) is 74.3. The molecule has 0 aliphatic carbocycles. The first-order valence-electron chi connectivity index (χ1n) is 16.3. The largest absolute Gasteiger partial charge is 0.481 e. The molecule has 2 fully saturated rings. The lowest BCUT2D eigenvalue weighted by Crippen LogP contribution is -2.61. The van der Waals surface area contributed by atoms with Crippen LogP contribution in [0, 0.1) is 11.8 Å². The fourth-order valence-electron chi connectivity index (χ4n) is 5.87. The first-order chi connectivity index (χ1) is 22.6. The SMILES string of the molecule is CC1\C=C/C=C\C=C/C=C\C(O[C@@H]2O[C@H](C)[C@@H](O)[C@H](N)[C@@H]2O)CC2OC(O)(CC(O)CC(O)C/C=C/C(=O)OC1C)CC(O)C2C(=O)O. The van der Waals surface area contributed by atoms with Crippen molar-refractivity contribution >= 4 is 11.9 Å². The Bertz CT molecular complexity index is 1200. The summed E-state index contributed by atoms with van der Waals surface area (Å²) < 4.78 is 23.0. The van der Waals surface area contributed by atoms with Crippen molar-refractivity contribution in [1.29, 1.82) is 0 Å². The molecule has 48 heavy (non-hydrogen) atoms. The molecule has 3 rings (SSSR count). The third-order valence-corrected chi connectivity index (χ3v) is 8.77. The summed E-state index contributed by atoms with van der Waals surface area (Å²) in [6.07, 6.45) is 3.35. The number of hydrogen-bond acceptors (Lipinski definition) is 13. The van der Waals surface area contributed by atoms with Crippen molar-refractivity contribution in [2.75, 3.05) is 0 Å². The number of esters is 1. The Hall–Kier alpha value is -2.76. The van der Waals surface area contributed by atoms with E-state index in [9.17, 15) is 45.3 Å². The second-order valence-electron chi connectivity index (χ2n) is 12.8. The maximum absolute atomic E-state index is 12.3. The first-order valence-corrected chi connectivity index (χ1v) is 16.3. The zero-order chi connectivity index (χ0) is 35.6. The molecule has 3 aliphatic rings. The maximum atomic E-state index is 12.3. The van der Waals surface area contributed by atoms with E-state index in [-0.39, 0.29) is 25.2 Å². The average Bonchev–Trinajstić information content (AvgIpc) is 2.98. The summed E-state index contributed by atoms with van der Waals surface area (Å²) in [6, 6.07) is -1.09. The van der Waals surface area contributed by atoms with E-state index in [0.717, 1.165) is 0 Å². The van der Waals surface area contributed by atoms with Crippen molar-refractivity contribution in [3.63, 3.8) is 0 Å². The van der Waals surface area contributed by atoms with Crippen LogP contribution in [0.25, 0.3) is 0 Å². The van der Waals surface area contributed by atoms with E-state index in [1.54, 1.807) is 56.4 Å². The Morgan fingerprint density at radius 2 is 1.54 bits per heavy atom. The Morgan fingerprint density at radius 3 is 2.21 bits per heavy atom. The molecule has 270 valence electrons. The van der Waals surface area contributed by atoms with Gasteiger partial charge in [0, 0.05) is 31.3 Å². The molecule has 0 radical (unpaired) electrons. The third kappa shape index (κ3) is 11.7. The normalized spacial score (nSPS) is 45.9. The number of carboxylic acid groups (broad SMARTS) is 1. The molecule has 0 aromatic carbocycles.